The lowest BCUT2D eigenvalue weighted by molar-refractivity contribution is -0.154. The zero-order chi connectivity index (χ0) is 20.1. The van der Waals surface area contributed by atoms with E-state index >= 15 is 0 Å². The maximum Gasteiger partial charge on any atom is 0.326 e. The maximum atomic E-state index is 12.3. The van der Waals surface area contributed by atoms with Crippen LogP contribution in [0.1, 0.15) is 18.4 Å². The number of imide groups is 1. The van der Waals surface area contributed by atoms with Gasteiger partial charge in [-0.1, -0.05) is 24.3 Å². The molecule has 1 aromatic carbocycles. The number of rotatable bonds is 6. The van der Waals surface area contributed by atoms with E-state index in [-0.39, 0.29) is 18.2 Å². The average Bonchev–Trinajstić information content (AvgIpc) is 2.93. The van der Waals surface area contributed by atoms with Gasteiger partial charge in [0.15, 0.2) is 6.61 Å². The van der Waals surface area contributed by atoms with Crippen LogP contribution < -0.4 is 5.32 Å². The van der Waals surface area contributed by atoms with Crippen molar-refractivity contribution >= 4 is 29.4 Å². The Hall–Kier alpha value is -3.47. The van der Waals surface area contributed by atoms with Gasteiger partial charge in [-0.25, -0.2) is 0 Å². The molecule has 8 heteroatoms. The molecule has 28 heavy (non-hydrogen) atoms. The summed E-state index contributed by atoms with van der Waals surface area (Å²) in [5.41, 5.74) is 1.33. The lowest BCUT2D eigenvalue weighted by atomic mass is 9.85. The number of nitrogens with one attached hydrogen (secondary N) is 1. The number of hydrogen-bond acceptors (Lipinski definition) is 6. The number of fused-ring (bicyclic) bond motifs is 1. The molecule has 0 bridgehead atoms. The highest BCUT2D eigenvalue weighted by Crippen LogP contribution is 2.34. The number of benzene rings is 1. The summed E-state index contributed by atoms with van der Waals surface area (Å²) in [6.45, 7) is -1.01. The molecule has 8 nitrogen and oxygen atoms in total. The summed E-state index contributed by atoms with van der Waals surface area (Å²) in [5.74, 6) is -2.89. The third kappa shape index (κ3) is 4.26. The molecule has 0 unspecified atom stereocenters. The Bertz CT molecular complexity index is 843. The van der Waals surface area contributed by atoms with Crippen LogP contribution in [-0.2, 0) is 30.3 Å². The minimum Gasteiger partial charge on any atom is -0.454 e. The van der Waals surface area contributed by atoms with Crippen LogP contribution in [-0.4, -0.2) is 41.7 Å². The summed E-state index contributed by atoms with van der Waals surface area (Å²) in [5, 5.41) is 11.2. The predicted molar refractivity (Wildman–Crippen MR) is 97.4 cm³/mol. The lowest BCUT2D eigenvalue weighted by Crippen LogP contribution is -2.37. The normalized spacial score (nSPS) is 20.5. The second-order valence-corrected chi connectivity index (χ2v) is 6.66. The third-order valence-electron chi connectivity index (χ3n) is 4.77. The summed E-state index contributed by atoms with van der Waals surface area (Å²) >= 11 is 0. The second-order valence-electron chi connectivity index (χ2n) is 6.66. The van der Waals surface area contributed by atoms with Crippen molar-refractivity contribution in [2.45, 2.75) is 19.3 Å². The van der Waals surface area contributed by atoms with Crippen LogP contribution in [0.2, 0.25) is 0 Å². The Labute approximate surface area is 161 Å². The summed E-state index contributed by atoms with van der Waals surface area (Å²) in [6.07, 6.45) is 5.00. The van der Waals surface area contributed by atoms with Crippen molar-refractivity contribution in [3.63, 3.8) is 0 Å². The molecule has 0 saturated carbocycles. The van der Waals surface area contributed by atoms with Gasteiger partial charge in [-0.15, -0.1) is 0 Å². The van der Waals surface area contributed by atoms with Gasteiger partial charge in [0.25, 0.3) is 5.91 Å². The number of carbonyl (C=O) groups excluding carboxylic acids is 4. The Morgan fingerprint density at radius 3 is 2.29 bits per heavy atom. The van der Waals surface area contributed by atoms with Crippen LogP contribution in [0.25, 0.3) is 0 Å². The Morgan fingerprint density at radius 2 is 1.71 bits per heavy atom. The van der Waals surface area contributed by atoms with E-state index in [1.807, 2.05) is 18.2 Å². The number of amides is 3. The molecule has 1 saturated heterocycles. The maximum absolute atomic E-state index is 12.3. The van der Waals surface area contributed by atoms with Crippen molar-refractivity contribution < 1.29 is 23.9 Å². The number of allylic oxidation sites excluding steroid dienone is 2. The molecular formula is C20H19N3O5. The lowest BCUT2D eigenvalue weighted by Gasteiger charge is -2.14. The molecule has 3 rings (SSSR count). The first-order valence-corrected chi connectivity index (χ1v) is 8.91. The Morgan fingerprint density at radius 1 is 1.11 bits per heavy atom. The average molecular weight is 381 g/mol. The molecule has 0 aromatic heterocycles. The smallest absolute Gasteiger partial charge is 0.326 e. The quantitative estimate of drug-likeness (QED) is 0.449. The van der Waals surface area contributed by atoms with E-state index in [0.29, 0.717) is 18.5 Å². The van der Waals surface area contributed by atoms with Crippen molar-refractivity contribution in [3.8, 4) is 6.07 Å². The molecule has 2 aliphatic rings. The van der Waals surface area contributed by atoms with Crippen LogP contribution in [0.3, 0.4) is 0 Å². The third-order valence-corrected chi connectivity index (χ3v) is 4.77. The molecule has 1 aliphatic carbocycles. The molecule has 3 amide bonds. The number of ether oxygens (including phenoxy) is 1. The molecule has 1 aromatic rings. The zero-order valence-corrected chi connectivity index (χ0v) is 15.1. The van der Waals surface area contributed by atoms with Crippen LogP contribution >= 0.6 is 0 Å². The van der Waals surface area contributed by atoms with Gasteiger partial charge in [0, 0.05) is 5.69 Å². The number of anilines is 1. The topological polar surface area (TPSA) is 117 Å². The molecule has 144 valence electrons. The first-order valence-electron chi connectivity index (χ1n) is 8.91. The number of nitriles is 1. The van der Waals surface area contributed by atoms with Crippen molar-refractivity contribution in [1.82, 2.24) is 4.90 Å². The highest BCUT2D eigenvalue weighted by atomic mass is 16.5. The van der Waals surface area contributed by atoms with E-state index < -0.39 is 36.9 Å². The highest BCUT2D eigenvalue weighted by molar-refractivity contribution is 6.07. The largest absolute Gasteiger partial charge is 0.454 e. The van der Waals surface area contributed by atoms with Gasteiger partial charge in [0.1, 0.15) is 6.54 Å². The van der Waals surface area contributed by atoms with E-state index in [1.54, 1.807) is 24.3 Å². The van der Waals surface area contributed by atoms with E-state index in [0.717, 1.165) is 10.5 Å². The van der Waals surface area contributed by atoms with Gasteiger partial charge in [0.05, 0.1) is 24.3 Å². The van der Waals surface area contributed by atoms with Crippen molar-refractivity contribution in [1.29, 1.82) is 5.26 Å². The molecular weight excluding hydrogens is 362 g/mol. The minimum absolute atomic E-state index is 0.275. The number of hydrogen-bond donors (Lipinski definition) is 1. The fourth-order valence-corrected chi connectivity index (χ4v) is 3.34. The van der Waals surface area contributed by atoms with Gasteiger partial charge >= 0.3 is 5.97 Å². The molecule has 2 atom stereocenters. The Kier molecular flexibility index (Phi) is 5.84. The molecule has 0 spiro atoms. The van der Waals surface area contributed by atoms with Gasteiger partial charge in [0.2, 0.25) is 11.8 Å². The first-order chi connectivity index (χ1) is 13.5. The van der Waals surface area contributed by atoms with Crippen molar-refractivity contribution in [2.24, 2.45) is 11.8 Å². The van der Waals surface area contributed by atoms with Gasteiger partial charge in [-0.05, 0) is 30.5 Å². The number of esters is 1. The minimum atomic E-state index is -0.812. The van der Waals surface area contributed by atoms with E-state index in [1.165, 1.54) is 0 Å². The fraction of sp³-hybridized carbons (Fsp3) is 0.350. The fourth-order valence-electron chi connectivity index (χ4n) is 3.34. The van der Waals surface area contributed by atoms with Gasteiger partial charge in [-0.3, -0.25) is 24.1 Å². The monoisotopic (exact) mass is 381 g/mol. The molecule has 1 fully saturated rings. The van der Waals surface area contributed by atoms with E-state index in [4.69, 9.17) is 10.00 Å². The SMILES string of the molecule is N#CCc1ccc(NC(=O)COC(=O)CN2C(=O)[C@@H]3CC=CC[C@H]3C2=O)cc1. The molecule has 1 heterocycles. The van der Waals surface area contributed by atoms with Crippen LogP contribution in [0, 0.1) is 23.2 Å². The van der Waals surface area contributed by atoms with Crippen LogP contribution in [0.5, 0.6) is 0 Å². The van der Waals surface area contributed by atoms with Crippen LogP contribution in [0.15, 0.2) is 36.4 Å². The summed E-state index contributed by atoms with van der Waals surface area (Å²) in [7, 11) is 0. The zero-order valence-electron chi connectivity index (χ0n) is 15.1. The van der Waals surface area contributed by atoms with E-state index in [2.05, 4.69) is 5.32 Å². The van der Waals surface area contributed by atoms with Crippen molar-refractivity contribution in [3.05, 3.63) is 42.0 Å². The predicted octanol–water partition coefficient (Wildman–Crippen LogP) is 1.19. The molecule has 1 aliphatic heterocycles. The number of carbonyl (C=O) groups is 4. The highest BCUT2D eigenvalue weighted by Gasteiger charge is 2.47. The summed E-state index contributed by atoms with van der Waals surface area (Å²) < 4.78 is 4.89. The summed E-state index contributed by atoms with van der Waals surface area (Å²) in [6, 6.07) is 8.74. The number of nitrogens with zero attached hydrogens (tertiary/aromatic N) is 2. The van der Waals surface area contributed by atoms with Gasteiger partial charge < -0.3 is 10.1 Å². The number of likely N-dealkylation sites (tertiary alicyclic amines) is 1. The summed E-state index contributed by atoms with van der Waals surface area (Å²) in [4.78, 5) is 49.4. The first kappa shape index (κ1) is 19.3. The molecule has 1 N–H and O–H groups in total. The second kappa shape index (κ2) is 8.48. The van der Waals surface area contributed by atoms with E-state index in [9.17, 15) is 19.2 Å². The standard InChI is InChI=1S/C20H19N3O5/c21-10-9-13-5-7-14(8-6-13)22-17(24)12-28-18(25)11-23-19(26)15-3-1-2-4-16(15)20(23)27/h1-2,5-8,15-16H,3-4,9,11-12H2,(H,22,24)/t15-,16-/m1/s1. The Balaban J connectivity index is 1.46. The van der Waals surface area contributed by atoms with Crippen LogP contribution in [0.4, 0.5) is 5.69 Å². The van der Waals surface area contributed by atoms with Gasteiger partial charge in [-0.2, -0.15) is 5.26 Å². The molecule has 0 radical (unpaired) electrons. The van der Waals surface area contributed by atoms with Crippen molar-refractivity contribution in [2.75, 3.05) is 18.5 Å².